The average molecular weight is 342 g/mol. The van der Waals surface area contributed by atoms with Crippen LogP contribution in [-0.2, 0) is 11.2 Å². The zero-order valence-corrected chi connectivity index (χ0v) is 14.9. The summed E-state index contributed by atoms with van der Waals surface area (Å²) in [5.74, 6) is 1.67. The molecule has 0 aromatic heterocycles. The van der Waals surface area contributed by atoms with E-state index >= 15 is 0 Å². The molecule has 0 aliphatic heterocycles. The molecule has 0 unspecified atom stereocenters. The second kappa shape index (κ2) is 10.4. The van der Waals surface area contributed by atoms with Crippen molar-refractivity contribution >= 4 is 11.6 Å². The van der Waals surface area contributed by atoms with Crippen molar-refractivity contribution in [1.82, 2.24) is 5.32 Å². The average Bonchev–Trinajstić information content (AvgIpc) is 2.64. The minimum Gasteiger partial charge on any atom is -0.497 e. The number of anilines is 1. The molecule has 0 saturated heterocycles. The first kappa shape index (κ1) is 18.8. The molecule has 0 bridgehead atoms. The van der Waals surface area contributed by atoms with Crippen LogP contribution in [0.3, 0.4) is 0 Å². The van der Waals surface area contributed by atoms with Crippen LogP contribution >= 0.6 is 0 Å². The van der Waals surface area contributed by atoms with Gasteiger partial charge in [0.2, 0.25) is 5.91 Å². The van der Waals surface area contributed by atoms with E-state index in [-0.39, 0.29) is 5.91 Å². The van der Waals surface area contributed by atoms with Gasteiger partial charge in [0.15, 0.2) is 0 Å². The van der Waals surface area contributed by atoms with Gasteiger partial charge in [-0.15, -0.1) is 0 Å². The van der Waals surface area contributed by atoms with E-state index in [2.05, 4.69) is 22.8 Å². The van der Waals surface area contributed by atoms with Crippen LogP contribution < -0.4 is 20.1 Å². The second-order valence-electron chi connectivity index (χ2n) is 5.60. The number of amides is 1. The third-order valence-electron chi connectivity index (χ3n) is 3.73. The minimum atomic E-state index is 0.00103. The lowest BCUT2D eigenvalue weighted by Gasteiger charge is -2.08. The second-order valence-corrected chi connectivity index (χ2v) is 5.60. The van der Waals surface area contributed by atoms with Crippen molar-refractivity contribution in [2.24, 2.45) is 0 Å². The van der Waals surface area contributed by atoms with Crippen molar-refractivity contribution < 1.29 is 14.3 Å². The first-order chi connectivity index (χ1) is 12.2. The van der Waals surface area contributed by atoms with Crippen LogP contribution in [0, 0.1) is 0 Å². The number of benzene rings is 2. The van der Waals surface area contributed by atoms with E-state index in [1.54, 1.807) is 7.11 Å². The summed E-state index contributed by atoms with van der Waals surface area (Å²) in [6.07, 6.45) is 1.36. The highest BCUT2D eigenvalue weighted by atomic mass is 16.5. The summed E-state index contributed by atoms with van der Waals surface area (Å²) in [4.78, 5) is 11.9. The maximum Gasteiger partial charge on any atom is 0.225 e. The Morgan fingerprint density at radius 2 is 1.64 bits per heavy atom. The van der Waals surface area contributed by atoms with Gasteiger partial charge in [-0.05, 0) is 61.9 Å². The van der Waals surface area contributed by atoms with Crippen LogP contribution in [0.5, 0.6) is 11.5 Å². The van der Waals surface area contributed by atoms with Crippen molar-refractivity contribution in [3.05, 3.63) is 54.1 Å². The first-order valence-corrected chi connectivity index (χ1v) is 8.57. The Morgan fingerprint density at radius 1 is 0.960 bits per heavy atom. The minimum absolute atomic E-state index is 0.00103. The summed E-state index contributed by atoms with van der Waals surface area (Å²) in [5.41, 5.74) is 2.03. The molecule has 134 valence electrons. The normalized spacial score (nSPS) is 10.3. The maximum atomic E-state index is 11.9. The molecule has 0 fully saturated rings. The van der Waals surface area contributed by atoms with E-state index < -0.39 is 0 Å². The van der Waals surface area contributed by atoms with Gasteiger partial charge in [0.05, 0.1) is 13.7 Å². The van der Waals surface area contributed by atoms with E-state index in [4.69, 9.17) is 9.47 Å². The number of carbonyl (C=O) groups excluding carboxylic acids is 1. The summed E-state index contributed by atoms with van der Waals surface area (Å²) < 4.78 is 10.5. The fourth-order valence-electron chi connectivity index (χ4n) is 2.38. The van der Waals surface area contributed by atoms with Gasteiger partial charge in [0.25, 0.3) is 0 Å². The third kappa shape index (κ3) is 6.85. The van der Waals surface area contributed by atoms with Gasteiger partial charge in [-0.2, -0.15) is 0 Å². The molecule has 2 rings (SSSR count). The van der Waals surface area contributed by atoms with Crippen molar-refractivity contribution in [3.63, 3.8) is 0 Å². The Labute approximate surface area is 149 Å². The van der Waals surface area contributed by atoms with E-state index in [1.165, 1.54) is 5.56 Å². The summed E-state index contributed by atoms with van der Waals surface area (Å²) in [6, 6.07) is 15.4. The molecule has 1 amide bonds. The zero-order chi connectivity index (χ0) is 17.9. The highest BCUT2D eigenvalue weighted by molar-refractivity contribution is 5.90. The largest absolute Gasteiger partial charge is 0.497 e. The first-order valence-electron chi connectivity index (χ1n) is 8.57. The molecule has 5 heteroatoms. The predicted molar refractivity (Wildman–Crippen MR) is 100 cm³/mol. The van der Waals surface area contributed by atoms with E-state index in [0.29, 0.717) is 19.6 Å². The van der Waals surface area contributed by atoms with Crippen LogP contribution in [0.2, 0.25) is 0 Å². The van der Waals surface area contributed by atoms with Gasteiger partial charge in [0, 0.05) is 18.7 Å². The quantitative estimate of drug-likeness (QED) is 0.651. The van der Waals surface area contributed by atoms with Crippen molar-refractivity contribution in [2.45, 2.75) is 19.8 Å². The number of carbonyl (C=O) groups is 1. The fraction of sp³-hybridized carbons (Fsp3) is 0.350. The Morgan fingerprint density at radius 3 is 2.28 bits per heavy atom. The number of hydrogen-bond donors (Lipinski definition) is 2. The Balaban J connectivity index is 1.61. The number of nitrogens with one attached hydrogen (secondary N) is 2. The lowest BCUT2D eigenvalue weighted by atomic mass is 10.1. The topological polar surface area (TPSA) is 59.6 Å². The Bertz CT molecular complexity index is 639. The van der Waals surface area contributed by atoms with Gasteiger partial charge in [0.1, 0.15) is 11.5 Å². The van der Waals surface area contributed by atoms with E-state index in [9.17, 15) is 4.79 Å². The molecule has 2 N–H and O–H groups in total. The molecule has 0 spiro atoms. The molecule has 2 aromatic rings. The van der Waals surface area contributed by atoms with Crippen LogP contribution in [0.25, 0.3) is 0 Å². The lowest BCUT2D eigenvalue weighted by molar-refractivity contribution is -0.116. The van der Waals surface area contributed by atoms with Gasteiger partial charge in [-0.1, -0.05) is 12.1 Å². The van der Waals surface area contributed by atoms with Crippen molar-refractivity contribution in [3.8, 4) is 11.5 Å². The summed E-state index contributed by atoms with van der Waals surface area (Å²) >= 11 is 0. The van der Waals surface area contributed by atoms with Gasteiger partial charge in [-0.3, -0.25) is 4.79 Å². The Kier molecular flexibility index (Phi) is 7.79. The van der Waals surface area contributed by atoms with Crippen LogP contribution in [0.4, 0.5) is 5.69 Å². The van der Waals surface area contributed by atoms with Crippen LogP contribution in [-0.4, -0.2) is 32.7 Å². The summed E-state index contributed by atoms with van der Waals surface area (Å²) in [7, 11) is 1.66. The molecule has 0 radical (unpaired) electrons. The molecule has 0 heterocycles. The predicted octanol–water partition coefficient (Wildman–Crippen LogP) is 3.25. The van der Waals surface area contributed by atoms with Gasteiger partial charge in [-0.25, -0.2) is 0 Å². The van der Waals surface area contributed by atoms with Crippen molar-refractivity contribution in [2.75, 3.05) is 32.1 Å². The van der Waals surface area contributed by atoms with Crippen LogP contribution in [0.15, 0.2) is 48.5 Å². The number of rotatable bonds is 10. The maximum absolute atomic E-state index is 11.9. The molecule has 0 atom stereocenters. The molecule has 25 heavy (non-hydrogen) atoms. The molecular formula is C20H26N2O3. The molecule has 0 saturated carbocycles. The highest BCUT2D eigenvalue weighted by Gasteiger charge is 2.02. The monoisotopic (exact) mass is 342 g/mol. The van der Waals surface area contributed by atoms with Crippen molar-refractivity contribution in [1.29, 1.82) is 0 Å². The van der Waals surface area contributed by atoms with Gasteiger partial charge >= 0.3 is 0 Å². The number of hydrogen-bond acceptors (Lipinski definition) is 4. The smallest absolute Gasteiger partial charge is 0.225 e. The highest BCUT2D eigenvalue weighted by Crippen LogP contribution is 2.15. The third-order valence-corrected chi connectivity index (χ3v) is 3.73. The Hall–Kier alpha value is -2.53. The van der Waals surface area contributed by atoms with E-state index in [0.717, 1.165) is 30.2 Å². The van der Waals surface area contributed by atoms with Crippen LogP contribution in [0.1, 0.15) is 18.9 Å². The summed E-state index contributed by atoms with van der Waals surface area (Å²) in [5, 5.41) is 6.18. The summed E-state index contributed by atoms with van der Waals surface area (Å²) in [6.45, 7) is 4.06. The molecule has 2 aromatic carbocycles. The molecule has 5 nitrogen and oxygen atoms in total. The molecular weight excluding hydrogens is 316 g/mol. The van der Waals surface area contributed by atoms with Gasteiger partial charge < -0.3 is 20.1 Å². The standard InChI is InChI=1S/C20H26N2O3/c1-3-25-19-10-6-17(7-11-19)22-20(23)13-15-21-14-12-16-4-8-18(24-2)9-5-16/h4-11,21H,3,12-15H2,1-2H3,(H,22,23). The fourth-order valence-corrected chi connectivity index (χ4v) is 2.38. The molecule has 0 aliphatic rings. The SMILES string of the molecule is CCOc1ccc(NC(=O)CCNCCc2ccc(OC)cc2)cc1. The number of ether oxygens (including phenoxy) is 2. The zero-order valence-electron chi connectivity index (χ0n) is 14.9. The molecule has 0 aliphatic carbocycles. The van der Waals surface area contributed by atoms with E-state index in [1.807, 2.05) is 43.3 Å². The lowest BCUT2D eigenvalue weighted by Crippen LogP contribution is -2.23. The number of methoxy groups -OCH3 is 1.